The Labute approximate surface area is 146 Å². The van der Waals surface area contributed by atoms with Crippen LogP contribution in [0.25, 0.3) is 0 Å². The molecule has 0 atom stereocenters. The quantitative estimate of drug-likeness (QED) is 0.895. The highest BCUT2D eigenvalue weighted by atomic mass is 32.2. The van der Waals surface area contributed by atoms with Crippen molar-refractivity contribution in [2.24, 2.45) is 23.7 Å². The molecule has 1 aromatic carbocycles. The summed E-state index contributed by atoms with van der Waals surface area (Å²) in [4.78, 5) is 0.407. The lowest BCUT2D eigenvalue weighted by Gasteiger charge is -2.54. The van der Waals surface area contributed by atoms with Gasteiger partial charge in [0.25, 0.3) is 0 Å². The lowest BCUT2D eigenvalue weighted by atomic mass is 9.54. The van der Waals surface area contributed by atoms with Gasteiger partial charge < -0.3 is 0 Å². The molecule has 0 radical (unpaired) electrons. The molecule has 132 valence electrons. The van der Waals surface area contributed by atoms with Gasteiger partial charge in [-0.1, -0.05) is 32.9 Å². The highest BCUT2D eigenvalue weighted by Crippen LogP contribution is 2.53. The molecule has 0 heterocycles. The first-order chi connectivity index (χ1) is 11.2. The van der Waals surface area contributed by atoms with Crippen molar-refractivity contribution in [1.29, 1.82) is 0 Å². The average molecular weight is 348 g/mol. The number of rotatable bonds is 3. The third-order valence-electron chi connectivity index (χ3n) is 6.55. The molecule has 0 saturated heterocycles. The summed E-state index contributed by atoms with van der Waals surface area (Å²) in [6.07, 6.45) is 6.29. The van der Waals surface area contributed by atoms with E-state index in [1.807, 2.05) is 12.1 Å². The van der Waals surface area contributed by atoms with E-state index >= 15 is 0 Å². The molecule has 0 spiro atoms. The van der Waals surface area contributed by atoms with Crippen molar-refractivity contribution < 1.29 is 8.42 Å². The van der Waals surface area contributed by atoms with Crippen LogP contribution >= 0.6 is 0 Å². The number of hydrogen-bond acceptors (Lipinski definition) is 2. The van der Waals surface area contributed by atoms with Crippen molar-refractivity contribution in [3.05, 3.63) is 29.8 Å². The van der Waals surface area contributed by atoms with Crippen LogP contribution in [0.3, 0.4) is 0 Å². The molecule has 4 aliphatic rings. The largest absolute Gasteiger partial charge is 0.240 e. The summed E-state index contributed by atoms with van der Waals surface area (Å²) >= 11 is 0. The van der Waals surface area contributed by atoms with Crippen molar-refractivity contribution in [2.75, 3.05) is 0 Å². The van der Waals surface area contributed by atoms with Gasteiger partial charge in [0.15, 0.2) is 0 Å². The molecule has 0 unspecified atom stereocenters. The number of nitrogens with one attached hydrogen (secondary N) is 1. The van der Waals surface area contributed by atoms with Gasteiger partial charge in [-0.05, 0) is 78.9 Å². The minimum atomic E-state index is -3.42. The van der Waals surface area contributed by atoms with Crippen molar-refractivity contribution in [3.63, 3.8) is 0 Å². The molecule has 1 N–H and O–H groups in total. The number of hydrogen-bond donors (Lipinski definition) is 1. The van der Waals surface area contributed by atoms with E-state index in [0.29, 0.717) is 16.7 Å². The normalized spacial score (nSPS) is 35.4. The van der Waals surface area contributed by atoms with Crippen molar-refractivity contribution in [2.45, 2.75) is 69.2 Å². The maximum atomic E-state index is 12.9. The Balaban J connectivity index is 1.53. The molecule has 3 nitrogen and oxygen atoms in total. The van der Waals surface area contributed by atoms with Gasteiger partial charge in [-0.2, -0.15) is 0 Å². The van der Waals surface area contributed by atoms with E-state index in [2.05, 4.69) is 25.5 Å². The molecule has 4 heteroatoms. The van der Waals surface area contributed by atoms with Crippen LogP contribution in [-0.2, 0) is 15.4 Å². The van der Waals surface area contributed by atoms with Crippen LogP contribution in [0.4, 0.5) is 0 Å². The van der Waals surface area contributed by atoms with Crippen LogP contribution in [0.15, 0.2) is 29.2 Å². The summed E-state index contributed by atoms with van der Waals surface area (Å²) < 4.78 is 28.8. The SMILES string of the molecule is CC(C)(C)c1ccc(S(=O)(=O)NC2C3CC4CC(C3)CC2C4)cc1. The van der Waals surface area contributed by atoms with Gasteiger partial charge in [0, 0.05) is 6.04 Å². The fraction of sp³-hybridized carbons (Fsp3) is 0.700. The van der Waals surface area contributed by atoms with E-state index in [1.54, 1.807) is 12.1 Å². The minimum Gasteiger partial charge on any atom is -0.208 e. The van der Waals surface area contributed by atoms with Gasteiger partial charge in [0.1, 0.15) is 0 Å². The maximum absolute atomic E-state index is 12.9. The zero-order chi connectivity index (χ0) is 17.1. The minimum absolute atomic E-state index is 0.0388. The van der Waals surface area contributed by atoms with E-state index in [4.69, 9.17) is 0 Å². The van der Waals surface area contributed by atoms with Gasteiger partial charge in [0.05, 0.1) is 4.90 Å². The van der Waals surface area contributed by atoms with Gasteiger partial charge in [-0.3, -0.25) is 0 Å². The van der Waals surface area contributed by atoms with Crippen LogP contribution in [0.2, 0.25) is 0 Å². The first kappa shape index (κ1) is 16.6. The van der Waals surface area contributed by atoms with E-state index in [1.165, 1.54) is 32.1 Å². The summed E-state index contributed by atoms with van der Waals surface area (Å²) in [5.74, 6) is 2.84. The third-order valence-corrected chi connectivity index (χ3v) is 8.02. The molecule has 0 amide bonds. The topological polar surface area (TPSA) is 46.2 Å². The van der Waals surface area contributed by atoms with E-state index in [0.717, 1.165) is 17.4 Å². The van der Waals surface area contributed by atoms with Crippen LogP contribution < -0.4 is 4.72 Å². The Morgan fingerprint density at radius 3 is 1.83 bits per heavy atom. The molecule has 4 saturated carbocycles. The van der Waals surface area contributed by atoms with Gasteiger partial charge >= 0.3 is 0 Å². The van der Waals surface area contributed by atoms with E-state index < -0.39 is 10.0 Å². The molecule has 0 aromatic heterocycles. The lowest BCUT2D eigenvalue weighted by molar-refractivity contribution is -0.00557. The monoisotopic (exact) mass is 347 g/mol. The number of benzene rings is 1. The maximum Gasteiger partial charge on any atom is 0.240 e. The second kappa shape index (κ2) is 5.57. The molecule has 1 aromatic rings. The first-order valence-corrected chi connectivity index (χ1v) is 10.8. The predicted molar refractivity (Wildman–Crippen MR) is 96.3 cm³/mol. The smallest absolute Gasteiger partial charge is 0.208 e. The van der Waals surface area contributed by atoms with Gasteiger partial charge in [-0.15, -0.1) is 0 Å². The Bertz CT molecular complexity index is 687. The molecular weight excluding hydrogens is 318 g/mol. The molecule has 5 rings (SSSR count). The Morgan fingerprint density at radius 1 is 0.875 bits per heavy atom. The summed E-state index contributed by atoms with van der Waals surface area (Å²) in [6, 6.07) is 7.58. The molecular formula is C20H29NO2S. The average Bonchev–Trinajstić information content (AvgIpc) is 2.49. The highest BCUT2D eigenvalue weighted by molar-refractivity contribution is 7.89. The van der Waals surface area contributed by atoms with Crippen molar-refractivity contribution in [3.8, 4) is 0 Å². The Hall–Kier alpha value is -0.870. The van der Waals surface area contributed by atoms with Gasteiger partial charge in [0.2, 0.25) is 10.0 Å². The van der Waals surface area contributed by atoms with Crippen LogP contribution in [-0.4, -0.2) is 14.5 Å². The molecule has 4 aliphatic carbocycles. The molecule has 24 heavy (non-hydrogen) atoms. The van der Waals surface area contributed by atoms with Crippen LogP contribution in [0.5, 0.6) is 0 Å². The molecule has 0 aliphatic heterocycles. The standard InChI is InChI=1S/C20H29NO2S/c1-20(2,3)17-4-6-18(7-5-17)24(22,23)21-19-15-9-13-8-14(11-15)12-16(19)10-13/h4-7,13-16,19,21H,8-12H2,1-3H3. The zero-order valence-corrected chi connectivity index (χ0v) is 15.8. The second-order valence-corrected chi connectivity index (χ2v) is 11.1. The highest BCUT2D eigenvalue weighted by Gasteiger charge is 2.49. The van der Waals surface area contributed by atoms with Crippen molar-refractivity contribution in [1.82, 2.24) is 4.72 Å². The summed E-state index contributed by atoms with van der Waals surface area (Å²) in [5, 5.41) is 0. The number of sulfonamides is 1. The van der Waals surface area contributed by atoms with Crippen molar-refractivity contribution >= 4 is 10.0 Å². The lowest BCUT2D eigenvalue weighted by Crippen LogP contribution is -2.55. The summed E-state index contributed by atoms with van der Waals surface area (Å²) in [6.45, 7) is 6.43. The third kappa shape index (κ3) is 2.92. The van der Waals surface area contributed by atoms with Crippen LogP contribution in [0.1, 0.15) is 58.4 Å². The first-order valence-electron chi connectivity index (χ1n) is 9.35. The zero-order valence-electron chi connectivity index (χ0n) is 15.0. The summed E-state index contributed by atoms with van der Waals surface area (Å²) in [7, 11) is -3.42. The fourth-order valence-corrected chi connectivity index (χ4v) is 6.87. The molecule has 4 bridgehead atoms. The van der Waals surface area contributed by atoms with E-state index in [9.17, 15) is 8.42 Å². The van der Waals surface area contributed by atoms with E-state index in [-0.39, 0.29) is 11.5 Å². The fourth-order valence-electron chi connectivity index (χ4n) is 5.50. The van der Waals surface area contributed by atoms with Gasteiger partial charge in [-0.25, -0.2) is 13.1 Å². The second-order valence-electron chi connectivity index (χ2n) is 9.35. The Morgan fingerprint density at radius 2 is 1.38 bits per heavy atom. The molecule has 4 fully saturated rings. The predicted octanol–water partition coefficient (Wildman–Crippen LogP) is 4.09. The Kier molecular flexibility index (Phi) is 3.85. The van der Waals surface area contributed by atoms with Crippen LogP contribution in [0, 0.1) is 23.7 Å². The summed E-state index contributed by atoms with van der Waals surface area (Å²) in [5.41, 5.74) is 1.20.